The normalized spacial score (nSPS) is 12.7. The molecule has 96 valence electrons. The molecule has 0 radical (unpaired) electrons. The molecule has 2 aromatic rings. The van der Waals surface area contributed by atoms with Crippen LogP contribution in [0.25, 0.3) is 0 Å². The van der Waals surface area contributed by atoms with Crippen LogP contribution in [0.1, 0.15) is 24.3 Å². The summed E-state index contributed by atoms with van der Waals surface area (Å²) in [5.41, 5.74) is 0.472. The van der Waals surface area contributed by atoms with Gasteiger partial charge in [-0.15, -0.1) is 0 Å². The monoisotopic (exact) mass is 331 g/mol. The highest BCUT2D eigenvalue weighted by molar-refractivity contribution is 9.10. The Morgan fingerprint density at radius 2 is 2.22 bits per heavy atom. The van der Waals surface area contributed by atoms with Gasteiger partial charge in [0.1, 0.15) is 11.6 Å². The minimum absolute atomic E-state index is 0.311. The van der Waals surface area contributed by atoms with Gasteiger partial charge in [-0.05, 0) is 46.7 Å². The smallest absolute Gasteiger partial charge is 0.139 e. The summed E-state index contributed by atoms with van der Waals surface area (Å²) in [6.45, 7) is 2.63. The number of furan rings is 1. The third-order valence-corrected chi connectivity index (χ3v) is 3.47. The van der Waals surface area contributed by atoms with Gasteiger partial charge in [0.05, 0.1) is 16.8 Å². The standard InChI is InChI=1S/C13H12BrClFNO/c1-2-17-12(13-10(14)5-6-18-13)9-7-8(15)3-4-11(9)16/h3-7,12,17H,2H2,1H3. The van der Waals surface area contributed by atoms with E-state index in [2.05, 4.69) is 21.2 Å². The molecule has 1 aromatic heterocycles. The summed E-state index contributed by atoms with van der Waals surface area (Å²) in [6, 6.07) is 5.92. The molecule has 0 aliphatic rings. The number of hydrogen-bond donors (Lipinski definition) is 1. The average molecular weight is 333 g/mol. The minimum atomic E-state index is -0.363. The second-order valence-corrected chi connectivity index (χ2v) is 5.08. The van der Waals surface area contributed by atoms with Crippen LogP contribution in [0.4, 0.5) is 4.39 Å². The van der Waals surface area contributed by atoms with Crippen molar-refractivity contribution in [2.75, 3.05) is 6.54 Å². The van der Waals surface area contributed by atoms with Gasteiger partial charge in [0.25, 0.3) is 0 Å². The first-order valence-corrected chi connectivity index (χ1v) is 6.71. The van der Waals surface area contributed by atoms with Crippen molar-refractivity contribution in [3.05, 3.63) is 57.2 Å². The molecule has 0 spiro atoms. The molecule has 2 rings (SSSR count). The highest BCUT2D eigenvalue weighted by Crippen LogP contribution is 2.32. The first-order chi connectivity index (χ1) is 8.63. The zero-order valence-electron chi connectivity index (χ0n) is 9.71. The van der Waals surface area contributed by atoms with E-state index in [0.29, 0.717) is 22.9 Å². The Kier molecular flexibility index (Phi) is 4.43. The summed E-state index contributed by atoms with van der Waals surface area (Å²) in [4.78, 5) is 0. The number of hydrogen-bond acceptors (Lipinski definition) is 2. The van der Waals surface area contributed by atoms with Crippen LogP contribution in [0.3, 0.4) is 0 Å². The second-order valence-electron chi connectivity index (χ2n) is 3.79. The molecule has 0 amide bonds. The van der Waals surface area contributed by atoms with Crippen molar-refractivity contribution in [2.24, 2.45) is 0 Å². The lowest BCUT2D eigenvalue weighted by Crippen LogP contribution is -2.22. The van der Waals surface area contributed by atoms with Gasteiger partial charge >= 0.3 is 0 Å². The van der Waals surface area contributed by atoms with Crippen molar-refractivity contribution in [1.29, 1.82) is 0 Å². The molecular weight excluding hydrogens is 321 g/mol. The van der Waals surface area contributed by atoms with Gasteiger partial charge in [-0.1, -0.05) is 18.5 Å². The lowest BCUT2D eigenvalue weighted by molar-refractivity contribution is 0.439. The van der Waals surface area contributed by atoms with Crippen LogP contribution in [0.15, 0.2) is 39.4 Å². The lowest BCUT2D eigenvalue weighted by Gasteiger charge is -2.17. The molecule has 0 aliphatic carbocycles. The van der Waals surface area contributed by atoms with E-state index >= 15 is 0 Å². The molecule has 0 aliphatic heterocycles. The van der Waals surface area contributed by atoms with Gasteiger partial charge in [0.15, 0.2) is 0 Å². The van der Waals surface area contributed by atoms with Gasteiger partial charge in [-0.2, -0.15) is 0 Å². The fourth-order valence-corrected chi connectivity index (χ4v) is 2.41. The maximum atomic E-state index is 13.9. The molecule has 0 bridgehead atoms. The van der Waals surface area contributed by atoms with Crippen molar-refractivity contribution >= 4 is 27.5 Å². The molecule has 1 N–H and O–H groups in total. The number of rotatable bonds is 4. The molecule has 2 nitrogen and oxygen atoms in total. The van der Waals surface area contributed by atoms with Gasteiger partial charge in [0, 0.05) is 10.6 Å². The zero-order chi connectivity index (χ0) is 13.1. The van der Waals surface area contributed by atoms with Crippen LogP contribution in [-0.4, -0.2) is 6.54 Å². The van der Waals surface area contributed by atoms with E-state index in [4.69, 9.17) is 16.0 Å². The fraction of sp³-hybridized carbons (Fsp3) is 0.231. The summed E-state index contributed by atoms with van der Waals surface area (Å²) in [6.07, 6.45) is 1.56. The zero-order valence-corrected chi connectivity index (χ0v) is 12.1. The van der Waals surface area contributed by atoms with E-state index < -0.39 is 0 Å². The van der Waals surface area contributed by atoms with Gasteiger partial charge in [-0.3, -0.25) is 0 Å². The van der Waals surface area contributed by atoms with Crippen LogP contribution in [0.2, 0.25) is 5.02 Å². The first-order valence-electron chi connectivity index (χ1n) is 5.54. The van der Waals surface area contributed by atoms with E-state index in [-0.39, 0.29) is 11.9 Å². The molecule has 0 fully saturated rings. The van der Waals surface area contributed by atoms with Crippen LogP contribution < -0.4 is 5.32 Å². The predicted molar refractivity (Wildman–Crippen MR) is 73.3 cm³/mol. The molecule has 1 atom stereocenters. The topological polar surface area (TPSA) is 25.2 Å². The Bertz CT molecular complexity index is 544. The summed E-state index contributed by atoms with van der Waals surface area (Å²) < 4.78 is 20.1. The second kappa shape index (κ2) is 5.87. The Morgan fingerprint density at radius 3 is 2.83 bits per heavy atom. The number of benzene rings is 1. The van der Waals surface area contributed by atoms with Crippen LogP contribution in [0.5, 0.6) is 0 Å². The Morgan fingerprint density at radius 1 is 1.44 bits per heavy atom. The van der Waals surface area contributed by atoms with Crippen molar-refractivity contribution in [3.8, 4) is 0 Å². The van der Waals surface area contributed by atoms with Crippen LogP contribution in [-0.2, 0) is 0 Å². The third kappa shape index (κ3) is 2.76. The highest BCUT2D eigenvalue weighted by atomic mass is 79.9. The van der Waals surface area contributed by atoms with E-state index in [1.807, 2.05) is 6.92 Å². The van der Waals surface area contributed by atoms with Gasteiger partial charge in [0.2, 0.25) is 0 Å². The maximum absolute atomic E-state index is 13.9. The molecule has 1 unspecified atom stereocenters. The van der Waals surface area contributed by atoms with Crippen molar-refractivity contribution in [2.45, 2.75) is 13.0 Å². The van der Waals surface area contributed by atoms with E-state index in [0.717, 1.165) is 4.47 Å². The Balaban J connectivity index is 2.48. The van der Waals surface area contributed by atoms with E-state index in [1.54, 1.807) is 18.4 Å². The Labute approximate surface area is 118 Å². The van der Waals surface area contributed by atoms with Crippen molar-refractivity contribution in [1.82, 2.24) is 5.32 Å². The predicted octanol–water partition coefficient (Wildman–Crippen LogP) is 4.53. The Hall–Kier alpha value is -0.840. The maximum Gasteiger partial charge on any atom is 0.139 e. The minimum Gasteiger partial charge on any atom is -0.466 e. The molecule has 0 saturated carbocycles. The quantitative estimate of drug-likeness (QED) is 0.889. The van der Waals surface area contributed by atoms with Crippen molar-refractivity contribution < 1.29 is 8.81 Å². The average Bonchev–Trinajstić information content (AvgIpc) is 2.76. The summed E-state index contributed by atoms with van der Waals surface area (Å²) in [5.74, 6) is 0.326. The summed E-state index contributed by atoms with van der Waals surface area (Å²) >= 11 is 9.31. The van der Waals surface area contributed by atoms with Gasteiger partial charge < -0.3 is 9.73 Å². The first kappa shape index (κ1) is 13.6. The van der Waals surface area contributed by atoms with E-state index in [1.165, 1.54) is 12.1 Å². The SMILES string of the molecule is CCNC(c1cc(Cl)ccc1F)c1occc1Br. The van der Waals surface area contributed by atoms with Crippen LogP contribution >= 0.6 is 27.5 Å². The van der Waals surface area contributed by atoms with E-state index in [9.17, 15) is 4.39 Å². The third-order valence-electron chi connectivity index (χ3n) is 2.58. The largest absolute Gasteiger partial charge is 0.466 e. The fourth-order valence-electron chi connectivity index (χ4n) is 1.80. The highest BCUT2D eigenvalue weighted by Gasteiger charge is 2.22. The molecule has 0 saturated heterocycles. The molecule has 18 heavy (non-hydrogen) atoms. The molecular formula is C13H12BrClFNO. The number of nitrogens with one attached hydrogen (secondary N) is 1. The van der Waals surface area contributed by atoms with Crippen molar-refractivity contribution in [3.63, 3.8) is 0 Å². The van der Waals surface area contributed by atoms with Crippen LogP contribution in [0, 0.1) is 5.82 Å². The molecule has 1 heterocycles. The summed E-state index contributed by atoms with van der Waals surface area (Å²) in [5, 5.41) is 3.68. The number of halogens is 3. The lowest BCUT2D eigenvalue weighted by atomic mass is 10.0. The van der Waals surface area contributed by atoms with Gasteiger partial charge in [-0.25, -0.2) is 4.39 Å². The molecule has 5 heteroatoms. The summed E-state index contributed by atoms with van der Waals surface area (Å²) in [7, 11) is 0. The molecule has 1 aromatic carbocycles.